The maximum absolute atomic E-state index is 12.2. The molecule has 1 aliphatic heterocycles. The van der Waals surface area contributed by atoms with Crippen LogP contribution < -0.4 is 0 Å². The van der Waals surface area contributed by atoms with Gasteiger partial charge >= 0.3 is 18.2 Å². The number of amides is 2. The fourth-order valence-corrected chi connectivity index (χ4v) is 2.63. The highest BCUT2D eigenvalue weighted by molar-refractivity contribution is 5.96. The highest BCUT2D eigenvalue weighted by atomic mass is 16.6. The number of nitrogens with zero attached hydrogens (tertiary/aromatic N) is 3. The molecule has 0 aromatic heterocycles. The van der Waals surface area contributed by atoms with Gasteiger partial charge in [0.15, 0.2) is 0 Å². The monoisotopic (exact) mass is 393 g/mol. The summed E-state index contributed by atoms with van der Waals surface area (Å²) in [6, 6.07) is 4.42. The molecule has 1 atom stereocenters. The number of non-ortho nitro benzene ring substituents is 1. The standard InChI is InChI=1S/C18H23N3O7/c1-18(2,3)28-17(24)20-10-9-14(11-20)19(4)16(23)27-15(22)12-5-7-13(8-6-12)21(25)26/h5-8,14H,9-11H2,1-4H3/t14-/m0/s1. The van der Waals surface area contributed by atoms with Crippen molar-refractivity contribution in [1.82, 2.24) is 9.80 Å². The van der Waals surface area contributed by atoms with Gasteiger partial charge in [0.2, 0.25) is 0 Å². The van der Waals surface area contributed by atoms with Crippen LogP contribution in [0, 0.1) is 10.1 Å². The Morgan fingerprint density at radius 1 is 1.21 bits per heavy atom. The predicted molar refractivity (Wildman–Crippen MR) is 97.9 cm³/mol. The molecule has 2 rings (SSSR count). The Hall–Kier alpha value is -3.17. The van der Waals surface area contributed by atoms with Gasteiger partial charge in [-0.05, 0) is 39.3 Å². The van der Waals surface area contributed by atoms with E-state index in [1.165, 1.54) is 29.0 Å². The van der Waals surface area contributed by atoms with E-state index in [1.807, 2.05) is 0 Å². The molecule has 0 unspecified atom stereocenters. The van der Waals surface area contributed by atoms with Gasteiger partial charge in [0.05, 0.1) is 16.5 Å². The number of carbonyl (C=O) groups excluding carboxylic acids is 3. The summed E-state index contributed by atoms with van der Waals surface area (Å²) < 4.78 is 10.1. The quantitative estimate of drug-likeness (QED) is 0.335. The second-order valence-corrected chi connectivity index (χ2v) is 7.44. The second kappa shape index (κ2) is 8.24. The number of hydrogen-bond acceptors (Lipinski definition) is 7. The van der Waals surface area contributed by atoms with E-state index < -0.39 is 28.7 Å². The summed E-state index contributed by atoms with van der Waals surface area (Å²) in [7, 11) is 1.48. The maximum atomic E-state index is 12.2. The minimum absolute atomic E-state index is 0.0224. The molecule has 1 aromatic carbocycles. The van der Waals surface area contributed by atoms with Crippen molar-refractivity contribution in [2.75, 3.05) is 20.1 Å². The summed E-state index contributed by atoms with van der Waals surface area (Å²) in [5.74, 6) is -0.909. The van der Waals surface area contributed by atoms with Crippen LogP contribution >= 0.6 is 0 Å². The Morgan fingerprint density at radius 3 is 2.36 bits per heavy atom. The largest absolute Gasteiger partial charge is 0.444 e. The first kappa shape index (κ1) is 21.1. The number of carbonyl (C=O) groups is 3. The van der Waals surface area contributed by atoms with Crippen molar-refractivity contribution in [3.8, 4) is 0 Å². The van der Waals surface area contributed by atoms with Crippen LogP contribution in [0.1, 0.15) is 37.6 Å². The molecule has 2 amide bonds. The van der Waals surface area contributed by atoms with Gasteiger partial charge in [0, 0.05) is 32.3 Å². The normalized spacial score (nSPS) is 16.4. The van der Waals surface area contributed by atoms with Crippen LogP contribution in [-0.4, -0.2) is 64.7 Å². The molecular weight excluding hydrogens is 370 g/mol. The van der Waals surface area contributed by atoms with E-state index in [4.69, 9.17) is 9.47 Å². The minimum Gasteiger partial charge on any atom is -0.444 e. The van der Waals surface area contributed by atoms with Crippen molar-refractivity contribution in [3.63, 3.8) is 0 Å². The third-order valence-electron chi connectivity index (χ3n) is 4.14. The van der Waals surface area contributed by atoms with Crippen LogP contribution in [-0.2, 0) is 9.47 Å². The summed E-state index contributed by atoms with van der Waals surface area (Å²) >= 11 is 0. The zero-order chi connectivity index (χ0) is 21.1. The Morgan fingerprint density at radius 2 is 1.82 bits per heavy atom. The van der Waals surface area contributed by atoms with E-state index in [9.17, 15) is 24.5 Å². The molecule has 1 heterocycles. The topological polar surface area (TPSA) is 119 Å². The molecule has 1 aromatic rings. The van der Waals surface area contributed by atoms with Crippen molar-refractivity contribution in [3.05, 3.63) is 39.9 Å². The van der Waals surface area contributed by atoms with Gasteiger partial charge in [-0.25, -0.2) is 14.4 Å². The number of likely N-dealkylation sites (tertiary alicyclic amines) is 1. The number of esters is 1. The summed E-state index contributed by atoms with van der Waals surface area (Å²) in [6.45, 7) is 6.00. The lowest BCUT2D eigenvalue weighted by Gasteiger charge is -2.26. The SMILES string of the molecule is CN(C(=O)OC(=O)c1ccc([N+](=O)[O-])cc1)[C@H]1CCN(C(=O)OC(C)(C)C)C1. The van der Waals surface area contributed by atoms with Crippen LogP contribution in [0.5, 0.6) is 0 Å². The molecule has 0 saturated carbocycles. The number of benzene rings is 1. The van der Waals surface area contributed by atoms with E-state index in [-0.39, 0.29) is 23.8 Å². The van der Waals surface area contributed by atoms with E-state index in [2.05, 4.69) is 0 Å². The zero-order valence-corrected chi connectivity index (χ0v) is 16.2. The average Bonchev–Trinajstić information content (AvgIpc) is 3.09. The number of nitro benzene ring substituents is 1. The van der Waals surface area contributed by atoms with E-state index in [0.29, 0.717) is 13.0 Å². The summed E-state index contributed by atoms with van der Waals surface area (Å²) in [4.78, 5) is 49.2. The summed E-state index contributed by atoms with van der Waals surface area (Å²) in [5.41, 5.74) is -0.765. The van der Waals surface area contributed by atoms with Crippen molar-refractivity contribution < 1.29 is 28.8 Å². The van der Waals surface area contributed by atoms with Gasteiger partial charge in [0.1, 0.15) is 5.60 Å². The molecular formula is C18H23N3O7. The van der Waals surface area contributed by atoms with Crippen LogP contribution in [0.3, 0.4) is 0 Å². The van der Waals surface area contributed by atoms with Gasteiger partial charge in [-0.15, -0.1) is 0 Å². The Kier molecular flexibility index (Phi) is 6.22. The van der Waals surface area contributed by atoms with Gasteiger partial charge in [-0.1, -0.05) is 0 Å². The van der Waals surface area contributed by atoms with Gasteiger partial charge < -0.3 is 19.3 Å². The lowest BCUT2D eigenvalue weighted by atomic mass is 10.2. The third kappa shape index (κ3) is 5.41. The molecule has 0 bridgehead atoms. The number of rotatable bonds is 3. The van der Waals surface area contributed by atoms with Gasteiger partial charge in [0.25, 0.3) is 5.69 Å². The molecule has 0 N–H and O–H groups in total. The van der Waals surface area contributed by atoms with Gasteiger partial charge in [-0.2, -0.15) is 0 Å². The minimum atomic E-state index is -0.909. The molecule has 1 aliphatic rings. The first-order valence-electron chi connectivity index (χ1n) is 8.69. The third-order valence-corrected chi connectivity index (χ3v) is 4.14. The lowest BCUT2D eigenvalue weighted by Crippen LogP contribution is -2.42. The number of likely N-dealkylation sites (N-methyl/N-ethyl adjacent to an activating group) is 1. The van der Waals surface area contributed by atoms with Crippen LogP contribution in [0.25, 0.3) is 0 Å². The van der Waals surface area contributed by atoms with Crippen molar-refractivity contribution in [2.45, 2.75) is 38.8 Å². The Bertz CT molecular complexity index is 770. The maximum Gasteiger partial charge on any atom is 0.417 e. The highest BCUT2D eigenvalue weighted by Crippen LogP contribution is 2.19. The second-order valence-electron chi connectivity index (χ2n) is 7.44. The van der Waals surface area contributed by atoms with E-state index >= 15 is 0 Å². The highest BCUT2D eigenvalue weighted by Gasteiger charge is 2.34. The van der Waals surface area contributed by atoms with Crippen molar-refractivity contribution >= 4 is 23.8 Å². The molecule has 152 valence electrons. The predicted octanol–water partition coefficient (Wildman–Crippen LogP) is 2.81. The molecule has 1 saturated heterocycles. The van der Waals surface area contributed by atoms with Gasteiger partial charge in [-0.3, -0.25) is 10.1 Å². The zero-order valence-electron chi connectivity index (χ0n) is 16.2. The summed E-state index contributed by atoms with van der Waals surface area (Å²) in [6.07, 6.45) is -0.797. The molecule has 0 spiro atoms. The van der Waals surface area contributed by atoms with Crippen molar-refractivity contribution in [1.29, 1.82) is 0 Å². The Labute approximate surface area is 162 Å². The first-order chi connectivity index (χ1) is 13.0. The smallest absolute Gasteiger partial charge is 0.417 e. The molecule has 0 radical (unpaired) electrons. The number of nitro groups is 1. The molecule has 10 heteroatoms. The molecule has 1 fully saturated rings. The van der Waals surface area contributed by atoms with Crippen LogP contribution in [0.15, 0.2) is 24.3 Å². The van der Waals surface area contributed by atoms with Crippen molar-refractivity contribution in [2.24, 2.45) is 0 Å². The van der Waals surface area contributed by atoms with Crippen LogP contribution in [0.2, 0.25) is 0 Å². The molecule has 10 nitrogen and oxygen atoms in total. The lowest BCUT2D eigenvalue weighted by molar-refractivity contribution is -0.384. The van der Waals surface area contributed by atoms with E-state index in [0.717, 1.165) is 12.1 Å². The number of hydrogen-bond donors (Lipinski definition) is 0. The fraction of sp³-hybridized carbons (Fsp3) is 0.500. The average molecular weight is 393 g/mol. The fourth-order valence-electron chi connectivity index (χ4n) is 2.63. The molecule has 28 heavy (non-hydrogen) atoms. The first-order valence-corrected chi connectivity index (χ1v) is 8.69. The Balaban J connectivity index is 1.91. The molecule has 0 aliphatic carbocycles. The van der Waals surface area contributed by atoms with E-state index in [1.54, 1.807) is 20.8 Å². The van der Waals surface area contributed by atoms with Crippen LogP contribution in [0.4, 0.5) is 15.3 Å². The summed E-state index contributed by atoms with van der Waals surface area (Å²) in [5, 5.41) is 10.6. The number of ether oxygens (including phenoxy) is 2.